The zero-order valence-electron chi connectivity index (χ0n) is 12.4. The van der Waals surface area contributed by atoms with E-state index in [2.05, 4.69) is 15.3 Å². The summed E-state index contributed by atoms with van der Waals surface area (Å²) < 4.78 is 4.61. The molecule has 2 aliphatic heterocycles. The maximum atomic E-state index is 12.6. The highest BCUT2D eigenvalue weighted by atomic mass is 16.5. The van der Waals surface area contributed by atoms with Gasteiger partial charge in [-0.1, -0.05) is 17.7 Å². The van der Waals surface area contributed by atoms with E-state index < -0.39 is 29.7 Å². The summed E-state index contributed by atoms with van der Waals surface area (Å²) in [6, 6.07) is 4.62. The van der Waals surface area contributed by atoms with E-state index in [-0.39, 0.29) is 5.71 Å². The first-order chi connectivity index (χ1) is 10.5. The molecule has 0 radical (unpaired) electrons. The van der Waals surface area contributed by atoms with Crippen LogP contribution in [0.5, 0.6) is 0 Å². The first kappa shape index (κ1) is 14.2. The molecule has 0 saturated carbocycles. The zero-order valence-corrected chi connectivity index (χ0v) is 12.4. The number of nitrogens with one attached hydrogen (secondary N) is 1. The Labute approximate surface area is 126 Å². The van der Waals surface area contributed by atoms with Gasteiger partial charge in [0, 0.05) is 0 Å². The van der Waals surface area contributed by atoms with Gasteiger partial charge in [0.25, 0.3) is 5.91 Å². The SMILES string of the molecule is COC(=O)C1=NN[C@H]2C(=O)N(c3ccc(C)cc3C)C(=O)[C@H]12. The number of hydrogen-bond donors (Lipinski definition) is 1. The molecule has 22 heavy (non-hydrogen) atoms. The molecule has 1 fully saturated rings. The molecule has 2 heterocycles. The molecule has 7 nitrogen and oxygen atoms in total. The second kappa shape index (κ2) is 4.94. The van der Waals surface area contributed by atoms with Crippen molar-refractivity contribution >= 4 is 29.2 Å². The molecule has 0 aromatic heterocycles. The third-order valence-corrected chi connectivity index (χ3v) is 3.91. The minimum absolute atomic E-state index is 0.0573. The number of anilines is 1. The smallest absolute Gasteiger partial charge is 0.355 e. The van der Waals surface area contributed by atoms with Crippen molar-refractivity contribution in [1.82, 2.24) is 5.43 Å². The highest BCUT2D eigenvalue weighted by molar-refractivity contribution is 6.46. The van der Waals surface area contributed by atoms with E-state index in [4.69, 9.17) is 0 Å². The fraction of sp³-hybridized carbons (Fsp3) is 0.333. The molecule has 0 spiro atoms. The van der Waals surface area contributed by atoms with Crippen LogP contribution in [0.2, 0.25) is 0 Å². The van der Waals surface area contributed by atoms with Crippen molar-refractivity contribution in [3.63, 3.8) is 0 Å². The number of benzene rings is 1. The Balaban J connectivity index is 2.00. The van der Waals surface area contributed by atoms with Gasteiger partial charge in [-0.25, -0.2) is 9.69 Å². The molecule has 0 unspecified atom stereocenters. The molecule has 2 atom stereocenters. The van der Waals surface area contributed by atoms with Crippen LogP contribution in [0.25, 0.3) is 0 Å². The fourth-order valence-electron chi connectivity index (χ4n) is 2.86. The summed E-state index contributed by atoms with van der Waals surface area (Å²) in [5, 5.41) is 3.78. The number of ether oxygens (including phenoxy) is 1. The van der Waals surface area contributed by atoms with Gasteiger partial charge in [0.2, 0.25) is 5.91 Å². The summed E-state index contributed by atoms with van der Waals surface area (Å²) in [6.45, 7) is 3.77. The van der Waals surface area contributed by atoms with Gasteiger partial charge < -0.3 is 4.74 Å². The van der Waals surface area contributed by atoms with Gasteiger partial charge in [-0.15, -0.1) is 0 Å². The maximum absolute atomic E-state index is 12.6. The van der Waals surface area contributed by atoms with E-state index in [1.807, 2.05) is 26.0 Å². The summed E-state index contributed by atoms with van der Waals surface area (Å²) in [5.74, 6) is -2.51. The quantitative estimate of drug-likeness (QED) is 0.627. The second-order valence-corrected chi connectivity index (χ2v) is 5.37. The van der Waals surface area contributed by atoms with Crippen LogP contribution < -0.4 is 10.3 Å². The van der Waals surface area contributed by atoms with Gasteiger partial charge in [0.15, 0.2) is 5.71 Å². The number of carbonyl (C=O) groups excluding carboxylic acids is 3. The Kier molecular flexibility index (Phi) is 3.20. The molecule has 2 aliphatic rings. The molecule has 1 aromatic carbocycles. The number of esters is 1. The number of rotatable bonds is 2. The number of aryl methyl sites for hydroxylation is 2. The third-order valence-electron chi connectivity index (χ3n) is 3.91. The predicted molar refractivity (Wildman–Crippen MR) is 78.3 cm³/mol. The zero-order chi connectivity index (χ0) is 16.0. The molecule has 0 bridgehead atoms. The minimum atomic E-state index is -0.930. The lowest BCUT2D eigenvalue weighted by molar-refractivity contribution is -0.133. The molecule has 114 valence electrons. The number of carbonyl (C=O) groups is 3. The number of amides is 2. The average Bonchev–Trinajstić information content (AvgIpc) is 3.01. The average molecular weight is 301 g/mol. The molecule has 2 amide bonds. The molecule has 1 aromatic rings. The summed E-state index contributed by atoms with van der Waals surface area (Å²) >= 11 is 0. The third kappa shape index (κ3) is 1.89. The monoisotopic (exact) mass is 301 g/mol. The van der Waals surface area contributed by atoms with Crippen LogP contribution in [0.15, 0.2) is 23.3 Å². The Morgan fingerprint density at radius 3 is 2.64 bits per heavy atom. The van der Waals surface area contributed by atoms with E-state index >= 15 is 0 Å². The van der Waals surface area contributed by atoms with Gasteiger partial charge in [-0.2, -0.15) is 5.10 Å². The van der Waals surface area contributed by atoms with E-state index in [1.165, 1.54) is 7.11 Å². The number of hydrogen-bond acceptors (Lipinski definition) is 6. The molecule has 1 saturated heterocycles. The Morgan fingerprint density at radius 2 is 2.00 bits per heavy atom. The van der Waals surface area contributed by atoms with Crippen molar-refractivity contribution in [2.75, 3.05) is 12.0 Å². The lowest BCUT2D eigenvalue weighted by Gasteiger charge is -2.18. The number of methoxy groups -OCH3 is 1. The topological polar surface area (TPSA) is 88.1 Å². The summed E-state index contributed by atoms with van der Waals surface area (Å²) in [4.78, 5) is 38.0. The van der Waals surface area contributed by atoms with Crippen molar-refractivity contribution in [2.45, 2.75) is 19.9 Å². The molecular formula is C15H15N3O4. The summed E-state index contributed by atoms with van der Waals surface area (Å²) in [6.07, 6.45) is 0. The number of imide groups is 1. The predicted octanol–water partition coefficient (Wildman–Crippen LogP) is 0.294. The first-order valence-electron chi connectivity index (χ1n) is 6.82. The fourth-order valence-corrected chi connectivity index (χ4v) is 2.86. The van der Waals surface area contributed by atoms with Crippen molar-refractivity contribution in [2.24, 2.45) is 11.0 Å². The van der Waals surface area contributed by atoms with Crippen LogP contribution in [0.1, 0.15) is 11.1 Å². The normalized spacial score (nSPS) is 23.2. The molecule has 0 aliphatic carbocycles. The van der Waals surface area contributed by atoms with Gasteiger partial charge >= 0.3 is 5.97 Å². The Morgan fingerprint density at radius 1 is 1.27 bits per heavy atom. The molecular weight excluding hydrogens is 286 g/mol. The summed E-state index contributed by atoms with van der Waals surface area (Å²) in [7, 11) is 1.21. The summed E-state index contributed by atoms with van der Waals surface area (Å²) in [5.41, 5.74) is 4.90. The van der Waals surface area contributed by atoms with Gasteiger partial charge in [0.05, 0.1) is 12.8 Å². The number of nitrogens with zero attached hydrogens (tertiary/aromatic N) is 2. The van der Waals surface area contributed by atoms with E-state index in [0.717, 1.165) is 16.0 Å². The van der Waals surface area contributed by atoms with Crippen molar-refractivity contribution in [3.05, 3.63) is 29.3 Å². The van der Waals surface area contributed by atoms with Crippen molar-refractivity contribution in [3.8, 4) is 0 Å². The second-order valence-electron chi connectivity index (χ2n) is 5.37. The molecule has 1 N–H and O–H groups in total. The molecule has 7 heteroatoms. The van der Waals surface area contributed by atoms with Gasteiger partial charge in [-0.3, -0.25) is 15.0 Å². The number of hydrazone groups is 1. The van der Waals surface area contributed by atoms with E-state index in [0.29, 0.717) is 5.69 Å². The Bertz CT molecular complexity index is 725. The largest absolute Gasteiger partial charge is 0.464 e. The lowest BCUT2D eigenvalue weighted by Crippen LogP contribution is -2.36. The van der Waals surface area contributed by atoms with Crippen molar-refractivity contribution < 1.29 is 19.1 Å². The standard InChI is InChI=1S/C15H15N3O4/c1-7-4-5-9(8(2)6-7)18-13(19)10-11(14(18)20)16-17-12(10)15(21)22-3/h4-6,10-11,16H,1-3H3/t10-,11+/m0/s1. The van der Waals surface area contributed by atoms with Crippen LogP contribution in [0.3, 0.4) is 0 Å². The minimum Gasteiger partial charge on any atom is -0.464 e. The lowest BCUT2D eigenvalue weighted by atomic mass is 9.99. The molecule has 3 rings (SSSR count). The van der Waals surface area contributed by atoms with E-state index in [1.54, 1.807) is 6.07 Å². The van der Waals surface area contributed by atoms with Crippen molar-refractivity contribution in [1.29, 1.82) is 0 Å². The highest BCUT2D eigenvalue weighted by Gasteiger charge is 2.55. The van der Waals surface area contributed by atoms with Crippen LogP contribution in [-0.4, -0.2) is 36.6 Å². The van der Waals surface area contributed by atoms with Crippen LogP contribution in [-0.2, 0) is 19.1 Å². The Hall–Kier alpha value is -2.70. The van der Waals surface area contributed by atoms with Gasteiger partial charge in [0.1, 0.15) is 12.0 Å². The highest BCUT2D eigenvalue weighted by Crippen LogP contribution is 2.32. The van der Waals surface area contributed by atoms with E-state index in [9.17, 15) is 14.4 Å². The van der Waals surface area contributed by atoms with Crippen LogP contribution >= 0.6 is 0 Å². The first-order valence-corrected chi connectivity index (χ1v) is 6.82. The van der Waals surface area contributed by atoms with Gasteiger partial charge in [-0.05, 0) is 25.5 Å². The number of fused-ring (bicyclic) bond motifs is 1. The maximum Gasteiger partial charge on any atom is 0.355 e. The van der Waals surface area contributed by atoms with Crippen LogP contribution in [0.4, 0.5) is 5.69 Å². The van der Waals surface area contributed by atoms with Crippen LogP contribution in [0, 0.1) is 19.8 Å².